The van der Waals surface area contributed by atoms with E-state index in [1.54, 1.807) is 19.9 Å². The molecular formula is C18H17FN4O. The molecule has 3 aromatic rings. The van der Waals surface area contributed by atoms with Gasteiger partial charge in [-0.1, -0.05) is 12.1 Å². The molecule has 3 rings (SSSR count). The van der Waals surface area contributed by atoms with Crippen LogP contribution in [0.4, 0.5) is 10.1 Å². The molecule has 0 unspecified atom stereocenters. The van der Waals surface area contributed by atoms with Gasteiger partial charge in [0.25, 0.3) is 0 Å². The SMILES string of the molecule is Cc1nc(C)c(NC(=O)/C=C/c2ccc3c(C)n[nH]c3c2)cc1F. The van der Waals surface area contributed by atoms with E-state index >= 15 is 0 Å². The number of benzene rings is 1. The first-order valence-electron chi connectivity index (χ1n) is 7.51. The van der Waals surface area contributed by atoms with Gasteiger partial charge in [0, 0.05) is 17.5 Å². The van der Waals surface area contributed by atoms with E-state index in [0.29, 0.717) is 17.1 Å². The van der Waals surface area contributed by atoms with Crippen molar-refractivity contribution in [1.82, 2.24) is 15.2 Å². The molecule has 0 spiro atoms. The molecule has 0 atom stereocenters. The average molecular weight is 324 g/mol. The van der Waals surface area contributed by atoms with Crippen LogP contribution >= 0.6 is 0 Å². The number of nitrogens with one attached hydrogen (secondary N) is 2. The lowest BCUT2D eigenvalue weighted by molar-refractivity contribution is -0.111. The van der Waals surface area contributed by atoms with Crippen molar-refractivity contribution >= 4 is 28.6 Å². The molecule has 0 radical (unpaired) electrons. The predicted octanol–water partition coefficient (Wildman–Crippen LogP) is 3.67. The number of fused-ring (bicyclic) bond motifs is 1. The van der Waals surface area contributed by atoms with Gasteiger partial charge in [-0.15, -0.1) is 0 Å². The number of aromatic amines is 1. The van der Waals surface area contributed by atoms with Gasteiger partial charge in [-0.25, -0.2) is 4.39 Å². The number of nitrogens with zero attached hydrogens (tertiary/aromatic N) is 2. The molecule has 0 saturated heterocycles. The maximum absolute atomic E-state index is 13.6. The minimum atomic E-state index is -0.444. The zero-order chi connectivity index (χ0) is 17.3. The van der Waals surface area contributed by atoms with Crippen LogP contribution in [0.15, 0.2) is 30.3 Å². The maximum Gasteiger partial charge on any atom is 0.248 e. The third-order valence-corrected chi connectivity index (χ3v) is 3.80. The number of halogens is 1. The van der Waals surface area contributed by atoms with E-state index in [4.69, 9.17) is 0 Å². The van der Waals surface area contributed by atoms with E-state index in [1.807, 2.05) is 25.1 Å². The summed E-state index contributed by atoms with van der Waals surface area (Å²) in [5.74, 6) is -0.788. The molecule has 2 heterocycles. The van der Waals surface area contributed by atoms with E-state index in [9.17, 15) is 9.18 Å². The van der Waals surface area contributed by atoms with Crippen LogP contribution < -0.4 is 5.32 Å². The van der Waals surface area contributed by atoms with E-state index in [2.05, 4.69) is 20.5 Å². The molecule has 1 aromatic carbocycles. The standard InChI is InChI=1S/C18H17FN4O/c1-10-14-6-4-13(8-17(14)23-22-10)5-7-18(24)21-16-9-15(19)11(2)20-12(16)3/h4-9H,1-3H3,(H,21,24)(H,22,23)/b7-5+. The van der Waals surface area contributed by atoms with Crippen LogP contribution in [0.5, 0.6) is 0 Å². The molecule has 0 saturated carbocycles. The van der Waals surface area contributed by atoms with Gasteiger partial charge in [0.1, 0.15) is 5.82 Å². The van der Waals surface area contributed by atoms with Crippen LogP contribution in [0.3, 0.4) is 0 Å². The Morgan fingerprint density at radius 2 is 1.96 bits per heavy atom. The van der Waals surface area contributed by atoms with Crippen molar-refractivity contribution in [2.45, 2.75) is 20.8 Å². The maximum atomic E-state index is 13.6. The fraction of sp³-hybridized carbons (Fsp3) is 0.167. The Labute approximate surface area is 138 Å². The number of hydrogen-bond acceptors (Lipinski definition) is 3. The molecule has 0 aliphatic carbocycles. The highest BCUT2D eigenvalue weighted by molar-refractivity contribution is 6.02. The number of pyridine rings is 1. The summed E-state index contributed by atoms with van der Waals surface area (Å²) >= 11 is 0. The second-order valence-corrected chi connectivity index (χ2v) is 5.63. The Morgan fingerprint density at radius 1 is 1.17 bits per heavy atom. The monoisotopic (exact) mass is 324 g/mol. The number of H-pyrrole nitrogens is 1. The van der Waals surface area contributed by atoms with Crippen LogP contribution in [-0.4, -0.2) is 21.1 Å². The Morgan fingerprint density at radius 3 is 2.75 bits per heavy atom. The molecule has 0 bridgehead atoms. The molecule has 6 heteroatoms. The summed E-state index contributed by atoms with van der Waals surface area (Å²) in [6.07, 6.45) is 3.10. The fourth-order valence-corrected chi connectivity index (χ4v) is 2.45. The van der Waals surface area contributed by atoms with Gasteiger partial charge in [0.05, 0.1) is 28.3 Å². The van der Waals surface area contributed by atoms with Gasteiger partial charge in [-0.05, 0) is 38.5 Å². The highest BCUT2D eigenvalue weighted by Gasteiger charge is 2.08. The van der Waals surface area contributed by atoms with E-state index < -0.39 is 5.82 Å². The van der Waals surface area contributed by atoms with Crippen molar-refractivity contribution in [3.8, 4) is 0 Å². The van der Waals surface area contributed by atoms with E-state index in [0.717, 1.165) is 22.2 Å². The van der Waals surface area contributed by atoms with Gasteiger partial charge >= 0.3 is 0 Å². The lowest BCUT2D eigenvalue weighted by Gasteiger charge is -2.07. The zero-order valence-electron chi connectivity index (χ0n) is 13.6. The highest BCUT2D eigenvalue weighted by atomic mass is 19.1. The second-order valence-electron chi connectivity index (χ2n) is 5.63. The lowest BCUT2D eigenvalue weighted by Crippen LogP contribution is -2.10. The van der Waals surface area contributed by atoms with Crippen LogP contribution in [0, 0.1) is 26.6 Å². The van der Waals surface area contributed by atoms with Crippen molar-refractivity contribution in [3.05, 3.63) is 58.8 Å². The first-order valence-corrected chi connectivity index (χ1v) is 7.51. The Kier molecular flexibility index (Phi) is 4.12. The number of aromatic nitrogens is 3. The second kappa shape index (κ2) is 6.23. The molecule has 1 amide bonds. The topological polar surface area (TPSA) is 70.7 Å². The molecule has 0 aliphatic heterocycles. The largest absolute Gasteiger partial charge is 0.321 e. The smallest absolute Gasteiger partial charge is 0.248 e. The van der Waals surface area contributed by atoms with Crippen molar-refractivity contribution in [2.75, 3.05) is 5.32 Å². The average Bonchev–Trinajstić information content (AvgIpc) is 2.91. The minimum Gasteiger partial charge on any atom is -0.321 e. The lowest BCUT2D eigenvalue weighted by atomic mass is 10.1. The predicted molar refractivity (Wildman–Crippen MR) is 92.2 cm³/mol. The molecule has 122 valence electrons. The molecule has 2 N–H and O–H groups in total. The van der Waals surface area contributed by atoms with Crippen molar-refractivity contribution in [1.29, 1.82) is 0 Å². The Balaban J connectivity index is 1.76. The minimum absolute atomic E-state index is 0.309. The summed E-state index contributed by atoms with van der Waals surface area (Å²) in [4.78, 5) is 16.1. The van der Waals surface area contributed by atoms with Gasteiger partial charge in [0.2, 0.25) is 5.91 Å². The Bertz CT molecular complexity index is 959. The van der Waals surface area contributed by atoms with Crippen molar-refractivity contribution < 1.29 is 9.18 Å². The van der Waals surface area contributed by atoms with Crippen LogP contribution in [0.2, 0.25) is 0 Å². The number of carbonyl (C=O) groups is 1. The molecule has 5 nitrogen and oxygen atoms in total. The fourth-order valence-electron chi connectivity index (χ4n) is 2.45. The van der Waals surface area contributed by atoms with Crippen molar-refractivity contribution in [3.63, 3.8) is 0 Å². The number of rotatable bonds is 3. The molecule has 0 fully saturated rings. The Hall–Kier alpha value is -3.02. The zero-order valence-corrected chi connectivity index (χ0v) is 13.6. The van der Waals surface area contributed by atoms with Crippen LogP contribution in [0.25, 0.3) is 17.0 Å². The summed E-state index contributed by atoms with van der Waals surface area (Å²) in [5, 5.41) is 10.8. The summed E-state index contributed by atoms with van der Waals surface area (Å²) in [6, 6.07) is 7.06. The first-order chi connectivity index (χ1) is 11.4. The summed E-state index contributed by atoms with van der Waals surface area (Å²) in [5.41, 5.74) is 3.96. The van der Waals surface area contributed by atoms with Gasteiger partial charge in [-0.2, -0.15) is 5.10 Å². The number of hydrogen-bond donors (Lipinski definition) is 2. The molecular weight excluding hydrogens is 307 g/mol. The third kappa shape index (κ3) is 3.17. The van der Waals surface area contributed by atoms with Gasteiger partial charge < -0.3 is 5.32 Å². The highest BCUT2D eigenvalue weighted by Crippen LogP contribution is 2.18. The van der Waals surface area contributed by atoms with Crippen LogP contribution in [0.1, 0.15) is 22.6 Å². The normalized spacial score (nSPS) is 11.3. The number of anilines is 1. The number of carbonyl (C=O) groups excluding carboxylic acids is 1. The first kappa shape index (κ1) is 15.9. The van der Waals surface area contributed by atoms with E-state index in [1.165, 1.54) is 12.1 Å². The number of amides is 1. The van der Waals surface area contributed by atoms with Crippen LogP contribution in [-0.2, 0) is 4.79 Å². The van der Waals surface area contributed by atoms with E-state index in [-0.39, 0.29) is 5.91 Å². The van der Waals surface area contributed by atoms with Gasteiger partial charge in [0.15, 0.2) is 0 Å². The van der Waals surface area contributed by atoms with Gasteiger partial charge in [-0.3, -0.25) is 14.9 Å². The third-order valence-electron chi connectivity index (χ3n) is 3.80. The molecule has 2 aromatic heterocycles. The summed E-state index contributed by atoms with van der Waals surface area (Å²) in [6.45, 7) is 5.24. The summed E-state index contributed by atoms with van der Waals surface area (Å²) < 4.78 is 13.6. The van der Waals surface area contributed by atoms with Crippen molar-refractivity contribution in [2.24, 2.45) is 0 Å². The molecule has 0 aliphatic rings. The quantitative estimate of drug-likeness (QED) is 0.722. The summed E-state index contributed by atoms with van der Waals surface area (Å²) in [7, 11) is 0. The number of aryl methyl sites for hydroxylation is 3. The molecule has 24 heavy (non-hydrogen) atoms.